The highest BCUT2D eigenvalue weighted by Crippen LogP contribution is 2.21. The van der Waals surface area contributed by atoms with Crippen molar-refractivity contribution in [3.8, 4) is 0 Å². The monoisotopic (exact) mass is 464 g/mol. The summed E-state index contributed by atoms with van der Waals surface area (Å²) in [5.41, 5.74) is 3.96. The lowest BCUT2D eigenvalue weighted by molar-refractivity contribution is -0.128. The molecule has 1 atom stereocenters. The number of H-pyrrole nitrogens is 1. The number of aromatic nitrogens is 1. The number of carbonyl (C=O) groups is 2. The Bertz CT molecular complexity index is 1100. The Morgan fingerprint density at radius 3 is 2.64 bits per heavy atom. The summed E-state index contributed by atoms with van der Waals surface area (Å²) >= 11 is 2.00. The molecular formula is C26H32N4O2S. The van der Waals surface area contributed by atoms with Gasteiger partial charge in [-0.3, -0.25) is 14.5 Å². The number of nitrogens with one attached hydrogen (secondary N) is 3. The van der Waals surface area contributed by atoms with Gasteiger partial charge in [0.25, 0.3) is 0 Å². The van der Waals surface area contributed by atoms with E-state index in [4.69, 9.17) is 0 Å². The first kappa shape index (κ1) is 23.4. The first-order valence-corrected chi connectivity index (χ1v) is 12.7. The minimum Gasteiger partial charge on any atom is -0.361 e. The first-order valence-electron chi connectivity index (χ1n) is 11.5. The summed E-state index contributed by atoms with van der Waals surface area (Å²) < 4.78 is 0. The minimum atomic E-state index is -0.665. The van der Waals surface area contributed by atoms with E-state index in [2.05, 4.69) is 26.6 Å². The molecule has 1 fully saturated rings. The van der Waals surface area contributed by atoms with Crippen molar-refractivity contribution in [1.29, 1.82) is 0 Å². The first-order chi connectivity index (χ1) is 16.0. The summed E-state index contributed by atoms with van der Waals surface area (Å²) in [6.45, 7) is 6.73. The summed E-state index contributed by atoms with van der Waals surface area (Å²) in [5, 5.41) is 7.05. The molecule has 33 heavy (non-hydrogen) atoms. The molecule has 2 aromatic carbocycles. The van der Waals surface area contributed by atoms with Gasteiger partial charge in [-0.2, -0.15) is 11.8 Å². The third-order valence-corrected chi connectivity index (χ3v) is 6.90. The fourth-order valence-electron chi connectivity index (χ4n) is 4.06. The number of benzene rings is 2. The smallest absolute Gasteiger partial charge is 0.247 e. The highest BCUT2D eigenvalue weighted by Gasteiger charge is 2.24. The van der Waals surface area contributed by atoms with Crippen LogP contribution in [0.2, 0.25) is 0 Å². The van der Waals surface area contributed by atoms with Crippen LogP contribution in [0.15, 0.2) is 54.7 Å². The van der Waals surface area contributed by atoms with Gasteiger partial charge in [-0.25, -0.2) is 0 Å². The maximum Gasteiger partial charge on any atom is 0.247 e. The molecule has 3 N–H and O–H groups in total. The molecule has 1 aromatic heterocycles. The zero-order valence-corrected chi connectivity index (χ0v) is 20.1. The van der Waals surface area contributed by atoms with Gasteiger partial charge in [-0.15, -0.1) is 0 Å². The summed E-state index contributed by atoms with van der Waals surface area (Å²) in [6.07, 6.45) is 2.34. The van der Waals surface area contributed by atoms with Gasteiger partial charge in [0.05, 0.1) is 0 Å². The lowest BCUT2D eigenvalue weighted by Gasteiger charge is -2.26. The summed E-state index contributed by atoms with van der Waals surface area (Å²) in [5.74, 6) is 1.80. The van der Waals surface area contributed by atoms with Crippen LogP contribution in [0.4, 0.5) is 5.69 Å². The molecule has 6 nitrogen and oxygen atoms in total. The van der Waals surface area contributed by atoms with Crippen LogP contribution in [0.25, 0.3) is 10.9 Å². The van der Waals surface area contributed by atoms with Gasteiger partial charge in [-0.05, 0) is 29.3 Å². The Kier molecular flexibility index (Phi) is 7.73. The van der Waals surface area contributed by atoms with Gasteiger partial charge in [0.2, 0.25) is 11.8 Å². The molecule has 0 bridgehead atoms. The number of rotatable bonds is 8. The number of para-hydroxylation sites is 1. The maximum absolute atomic E-state index is 13.3. The van der Waals surface area contributed by atoms with Crippen LogP contribution in [0.1, 0.15) is 25.0 Å². The fourth-order valence-corrected chi connectivity index (χ4v) is 5.04. The molecule has 2 heterocycles. The second kappa shape index (κ2) is 10.9. The molecule has 3 aromatic rings. The lowest BCUT2D eigenvalue weighted by Crippen LogP contribution is -2.46. The Balaban J connectivity index is 1.49. The number of aromatic amines is 1. The third-order valence-electron chi connectivity index (χ3n) is 5.96. The summed E-state index contributed by atoms with van der Waals surface area (Å²) in [7, 11) is 0. The molecule has 4 rings (SSSR count). The fraction of sp³-hybridized carbons (Fsp3) is 0.385. The molecule has 1 aliphatic rings. The number of hydrogen-bond acceptors (Lipinski definition) is 4. The number of thioether (sulfide) groups is 1. The average molecular weight is 465 g/mol. The summed E-state index contributed by atoms with van der Waals surface area (Å²) in [6, 6.07) is 15.3. The number of fused-ring (bicyclic) bond motifs is 1. The normalized spacial score (nSPS) is 15.5. The van der Waals surface area contributed by atoms with Crippen molar-refractivity contribution in [2.24, 2.45) is 5.92 Å². The molecule has 1 unspecified atom stereocenters. The van der Waals surface area contributed by atoms with E-state index in [-0.39, 0.29) is 17.7 Å². The number of anilines is 1. The molecule has 0 radical (unpaired) electrons. The second-order valence-electron chi connectivity index (χ2n) is 8.86. The molecule has 7 heteroatoms. The van der Waals surface area contributed by atoms with Crippen LogP contribution >= 0.6 is 11.8 Å². The molecule has 0 aliphatic carbocycles. The van der Waals surface area contributed by atoms with Crippen molar-refractivity contribution in [2.75, 3.05) is 29.9 Å². The highest BCUT2D eigenvalue weighted by atomic mass is 32.2. The topological polar surface area (TPSA) is 77.2 Å². The van der Waals surface area contributed by atoms with E-state index in [0.717, 1.165) is 41.8 Å². The van der Waals surface area contributed by atoms with Crippen molar-refractivity contribution in [3.63, 3.8) is 0 Å². The molecule has 0 spiro atoms. The number of hydrogen-bond donors (Lipinski definition) is 3. The maximum atomic E-state index is 13.3. The van der Waals surface area contributed by atoms with Gasteiger partial charge in [0, 0.05) is 66.3 Å². The predicted molar refractivity (Wildman–Crippen MR) is 136 cm³/mol. The minimum absolute atomic E-state index is 0.133. The van der Waals surface area contributed by atoms with Crippen LogP contribution < -0.4 is 10.6 Å². The van der Waals surface area contributed by atoms with Gasteiger partial charge in [-0.1, -0.05) is 44.2 Å². The van der Waals surface area contributed by atoms with Gasteiger partial charge < -0.3 is 15.6 Å². The van der Waals surface area contributed by atoms with E-state index in [1.54, 1.807) is 0 Å². The van der Waals surface area contributed by atoms with Crippen LogP contribution in [0, 0.1) is 5.92 Å². The quantitative estimate of drug-likeness (QED) is 0.470. The number of carbonyl (C=O) groups excluding carboxylic acids is 2. The summed E-state index contributed by atoms with van der Waals surface area (Å²) in [4.78, 5) is 31.5. The van der Waals surface area contributed by atoms with Crippen LogP contribution in [0.3, 0.4) is 0 Å². The zero-order chi connectivity index (χ0) is 23.2. The molecule has 174 valence electrons. The lowest BCUT2D eigenvalue weighted by atomic mass is 10.0. The molecule has 1 saturated heterocycles. The largest absolute Gasteiger partial charge is 0.361 e. The van der Waals surface area contributed by atoms with Crippen molar-refractivity contribution in [1.82, 2.24) is 15.2 Å². The molecule has 2 amide bonds. The van der Waals surface area contributed by atoms with E-state index in [1.807, 2.05) is 74.3 Å². The van der Waals surface area contributed by atoms with Crippen LogP contribution in [0.5, 0.6) is 0 Å². The molecular weight excluding hydrogens is 432 g/mol. The molecule has 0 saturated carbocycles. The van der Waals surface area contributed by atoms with Crippen LogP contribution in [-0.4, -0.2) is 52.3 Å². The average Bonchev–Trinajstić information content (AvgIpc) is 3.22. The number of amides is 2. The number of nitrogens with zero attached hydrogens (tertiary/aromatic N) is 1. The van der Waals surface area contributed by atoms with Crippen molar-refractivity contribution >= 4 is 40.2 Å². The predicted octanol–water partition coefficient (Wildman–Crippen LogP) is 4.04. The van der Waals surface area contributed by atoms with E-state index >= 15 is 0 Å². The Labute approximate surface area is 199 Å². The van der Waals surface area contributed by atoms with Gasteiger partial charge >= 0.3 is 0 Å². The van der Waals surface area contributed by atoms with Crippen molar-refractivity contribution in [3.05, 3.63) is 65.9 Å². The highest BCUT2D eigenvalue weighted by molar-refractivity contribution is 7.99. The van der Waals surface area contributed by atoms with Crippen LogP contribution in [-0.2, 0) is 22.6 Å². The van der Waals surface area contributed by atoms with Crippen molar-refractivity contribution < 1.29 is 9.59 Å². The molecule has 1 aliphatic heterocycles. The second-order valence-corrected chi connectivity index (χ2v) is 10.1. The van der Waals surface area contributed by atoms with E-state index in [9.17, 15) is 9.59 Å². The van der Waals surface area contributed by atoms with Gasteiger partial charge in [0.1, 0.15) is 6.04 Å². The standard InChI is InChI=1S/C26H32N4O2S/c1-18(2)25(31)29-24(15-20-16-27-23-9-4-3-8-22(20)23)26(32)28-21-7-5-6-19(14-21)17-30-10-12-33-13-11-30/h3-9,14,16,18,24,27H,10-13,15,17H2,1-2H3,(H,28,32)(H,29,31). The van der Waals surface area contributed by atoms with E-state index < -0.39 is 6.04 Å². The SMILES string of the molecule is CC(C)C(=O)NC(Cc1c[nH]c2ccccc12)C(=O)Nc1cccc(CN2CCSCC2)c1. The van der Waals surface area contributed by atoms with E-state index in [0.29, 0.717) is 6.42 Å². The Morgan fingerprint density at radius 2 is 1.85 bits per heavy atom. The van der Waals surface area contributed by atoms with E-state index in [1.165, 1.54) is 17.1 Å². The zero-order valence-electron chi connectivity index (χ0n) is 19.3. The van der Waals surface area contributed by atoms with Crippen molar-refractivity contribution in [2.45, 2.75) is 32.9 Å². The van der Waals surface area contributed by atoms with Gasteiger partial charge in [0.15, 0.2) is 0 Å². The Hall–Kier alpha value is -2.77. The third kappa shape index (κ3) is 6.18. The Morgan fingerprint density at radius 1 is 1.06 bits per heavy atom.